The van der Waals surface area contributed by atoms with Crippen molar-refractivity contribution in [1.29, 1.82) is 0 Å². The van der Waals surface area contributed by atoms with Gasteiger partial charge in [-0.15, -0.1) is 11.3 Å². The number of amides is 2. The van der Waals surface area contributed by atoms with Crippen molar-refractivity contribution >= 4 is 50.5 Å². The molecule has 0 bridgehead atoms. The Morgan fingerprint density at radius 2 is 1.84 bits per heavy atom. The number of hydrogen-bond donors (Lipinski definition) is 1. The van der Waals surface area contributed by atoms with Gasteiger partial charge in [0.2, 0.25) is 0 Å². The molecule has 2 amide bonds. The summed E-state index contributed by atoms with van der Waals surface area (Å²) in [5.74, 6) is 0.290. The summed E-state index contributed by atoms with van der Waals surface area (Å²) in [6.07, 6.45) is 0. The summed E-state index contributed by atoms with van der Waals surface area (Å²) in [5, 5.41) is 4.33. The fraction of sp³-hybridized carbons (Fsp3) is 0.304. The summed E-state index contributed by atoms with van der Waals surface area (Å²) < 4.78 is 12.0. The zero-order valence-corrected chi connectivity index (χ0v) is 18.9. The first-order chi connectivity index (χ1) is 14.9. The van der Waals surface area contributed by atoms with Crippen LogP contribution in [0.25, 0.3) is 10.1 Å². The second-order valence-corrected chi connectivity index (χ2v) is 8.84. The molecule has 0 saturated carbocycles. The molecule has 0 unspecified atom stereocenters. The summed E-state index contributed by atoms with van der Waals surface area (Å²) in [6.45, 7) is 6.06. The predicted octanol–water partition coefficient (Wildman–Crippen LogP) is 4.66. The lowest BCUT2D eigenvalue weighted by atomic mass is 10.1. The van der Waals surface area contributed by atoms with E-state index in [-0.39, 0.29) is 18.4 Å². The number of morpholine rings is 1. The number of hydrogen-bond acceptors (Lipinski definition) is 5. The van der Waals surface area contributed by atoms with Crippen LogP contribution < -0.4 is 10.1 Å². The first-order valence-electron chi connectivity index (χ1n) is 10.0. The van der Waals surface area contributed by atoms with Crippen LogP contribution in [0.2, 0.25) is 5.02 Å². The molecule has 1 aliphatic heterocycles. The molecule has 0 radical (unpaired) electrons. The molecule has 1 N–H and O–H groups in total. The van der Waals surface area contributed by atoms with Crippen LogP contribution in [0.4, 0.5) is 5.69 Å². The largest absolute Gasteiger partial charge is 0.484 e. The van der Waals surface area contributed by atoms with Crippen molar-refractivity contribution in [3.05, 3.63) is 57.4 Å². The van der Waals surface area contributed by atoms with E-state index >= 15 is 0 Å². The number of aryl methyl sites for hydroxylation is 2. The van der Waals surface area contributed by atoms with E-state index in [0.29, 0.717) is 47.6 Å². The van der Waals surface area contributed by atoms with Crippen LogP contribution >= 0.6 is 22.9 Å². The number of nitrogens with zero attached hydrogens (tertiary/aromatic N) is 1. The van der Waals surface area contributed by atoms with E-state index < -0.39 is 0 Å². The maximum atomic E-state index is 12.9. The van der Waals surface area contributed by atoms with Gasteiger partial charge in [-0.2, -0.15) is 0 Å². The number of thiophene rings is 1. The number of ether oxygens (including phenoxy) is 2. The zero-order chi connectivity index (χ0) is 22.0. The summed E-state index contributed by atoms with van der Waals surface area (Å²) in [5.41, 5.74) is 2.41. The van der Waals surface area contributed by atoms with Gasteiger partial charge in [0.05, 0.1) is 18.2 Å². The first-order valence-corrected chi connectivity index (χ1v) is 11.2. The van der Waals surface area contributed by atoms with Crippen LogP contribution in [-0.4, -0.2) is 49.6 Å². The lowest BCUT2D eigenvalue weighted by molar-refractivity contribution is -0.137. The van der Waals surface area contributed by atoms with Gasteiger partial charge in [0.25, 0.3) is 11.8 Å². The first kappa shape index (κ1) is 21.6. The quantitative estimate of drug-likeness (QED) is 0.603. The van der Waals surface area contributed by atoms with Crippen molar-refractivity contribution < 1.29 is 19.1 Å². The third-order valence-electron chi connectivity index (χ3n) is 5.21. The Kier molecular flexibility index (Phi) is 6.46. The van der Waals surface area contributed by atoms with E-state index in [1.807, 2.05) is 50.2 Å². The predicted molar refractivity (Wildman–Crippen MR) is 124 cm³/mol. The molecule has 162 valence electrons. The second kappa shape index (κ2) is 9.26. The van der Waals surface area contributed by atoms with Gasteiger partial charge >= 0.3 is 0 Å². The molecule has 1 saturated heterocycles. The molecule has 2 heterocycles. The van der Waals surface area contributed by atoms with E-state index in [1.165, 1.54) is 11.3 Å². The van der Waals surface area contributed by atoms with Crippen LogP contribution in [0.5, 0.6) is 5.75 Å². The Morgan fingerprint density at radius 1 is 1.16 bits per heavy atom. The van der Waals surface area contributed by atoms with Gasteiger partial charge in [-0.3, -0.25) is 9.59 Å². The van der Waals surface area contributed by atoms with Crippen molar-refractivity contribution in [2.45, 2.75) is 13.8 Å². The molecule has 1 fully saturated rings. The Labute approximate surface area is 189 Å². The molecule has 31 heavy (non-hydrogen) atoms. The highest BCUT2D eigenvalue weighted by atomic mass is 35.5. The standard InChI is InChI=1S/C23H23ClN2O4S/c1-14-11-16(30-13-19(27)26-7-9-29-10-8-26)12-15(2)21(14)25-23(28)22-20(24)17-5-3-4-6-18(17)31-22/h3-6,11-12H,7-10,13H2,1-2H3,(H,25,28). The number of benzene rings is 2. The Bertz CT molecular complexity index is 1110. The number of fused-ring (bicyclic) bond motifs is 1. The van der Waals surface area contributed by atoms with Crippen molar-refractivity contribution in [3.63, 3.8) is 0 Å². The summed E-state index contributed by atoms with van der Waals surface area (Å²) in [4.78, 5) is 27.4. The maximum absolute atomic E-state index is 12.9. The number of anilines is 1. The van der Waals surface area contributed by atoms with Crippen LogP contribution in [0.1, 0.15) is 20.8 Å². The number of carbonyl (C=O) groups is 2. The van der Waals surface area contributed by atoms with Gasteiger partial charge in [-0.05, 0) is 43.2 Å². The van der Waals surface area contributed by atoms with Gasteiger partial charge < -0.3 is 19.7 Å². The number of nitrogens with one attached hydrogen (secondary N) is 1. The van der Waals surface area contributed by atoms with E-state index in [4.69, 9.17) is 21.1 Å². The number of rotatable bonds is 5. The van der Waals surface area contributed by atoms with Crippen LogP contribution in [0, 0.1) is 13.8 Å². The minimum absolute atomic E-state index is 0.0258. The van der Waals surface area contributed by atoms with Crippen molar-refractivity contribution in [1.82, 2.24) is 4.90 Å². The lowest BCUT2D eigenvalue weighted by Crippen LogP contribution is -2.42. The number of carbonyl (C=O) groups excluding carboxylic acids is 2. The average molecular weight is 459 g/mol. The van der Waals surface area contributed by atoms with Gasteiger partial charge in [-0.25, -0.2) is 0 Å². The molecular weight excluding hydrogens is 436 g/mol. The van der Waals surface area contributed by atoms with E-state index in [2.05, 4.69) is 5.32 Å². The molecule has 1 aromatic heterocycles. The lowest BCUT2D eigenvalue weighted by Gasteiger charge is -2.26. The minimum Gasteiger partial charge on any atom is -0.484 e. The third kappa shape index (κ3) is 4.69. The van der Waals surface area contributed by atoms with Gasteiger partial charge in [0, 0.05) is 28.9 Å². The van der Waals surface area contributed by atoms with Crippen LogP contribution in [0.15, 0.2) is 36.4 Å². The fourth-order valence-corrected chi connectivity index (χ4v) is 5.00. The fourth-order valence-electron chi connectivity index (χ4n) is 3.58. The molecule has 6 nitrogen and oxygen atoms in total. The molecule has 1 aliphatic rings. The summed E-state index contributed by atoms with van der Waals surface area (Å²) >= 11 is 7.82. The highest BCUT2D eigenvalue weighted by Gasteiger charge is 2.20. The summed E-state index contributed by atoms with van der Waals surface area (Å²) in [6, 6.07) is 11.3. The second-order valence-electron chi connectivity index (χ2n) is 7.41. The van der Waals surface area contributed by atoms with Crippen molar-refractivity contribution in [2.75, 3.05) is 38.2 Å². The molecule has 8 heteroatoms. The topological polar surface area (TPSA) is 67.9 Å². The highest BCUT2D eigenvalue weighted by molar-refractivity contribution is 7.21. The molecular formula is C23H23ClN2O4S. The van der Waals surface area contributed by atoms with Gasteiger partial charge in [-0.1, -0.05) is 29.8 Å². The molecule has 0 spiro atoms. The normalized spacial score (nSPS) is 14.0. The smallest absolute Gasteiger partial charge is 0.267 e. The SMILES string of the molecule is Cc1cc(OCC(=O)N2CCOCC2)cc(C)c1NC(=O)c1sc2ccccc2c1Cl. The van der Waals surface area contributed by atoms with E-state index in [0.717, 1.165) is 21.2 Å². The molecule has 4 rings (SSSR count). The average Bonchev–Trinajstić information content (AvgIpc) is 3.12. The minimum atomic E-state index is -0.242. The van der Waals surface area contributed by atoms with E-state index in [1.54, 1.807) is 4.90 Å². The Balaban J connectivity index is 1.46. The molecule has 2 aromatic carbocycles. The maximum Gasteiger partial charge on any atom is 0.267 e. The van der Waals surface area contributed by atoms with Gasteiger partial charge in [0.1, 0.15) is 10.6 Å². The zero-order valence-electron chi connectivity index (χ0n) is 17.4. The Hall–Kier alpha value is -2.61. The highest BCUT2D eigenvalue weighted by Crippen LogP contribution is 2.36. The van der Waals surface area contributed by atoms with Crippen molar-refractivity contribution in [2.24, 2.45) is 0 Å². The van der Waals surface area contributed by atoms with E-state index in [9.17, 15) is 9.59 Å². The monoisotopic (exact) mass is 458 g/mol. The third-order valence-corrected chi connectivity index (χ3v) is 6.89. The number of halogens is 1. The van der Waals surface area contributed by atoms with Gasteiger partial charge in [0.15, 0.2) is 6.61 Å². The molecule has 3 aromatic rings. The van der Waals surface area contributed by atoms with Crippen molar-refractivity contribution in [3.8, 4) is 5.75 Å². The van der Waals surface area contributed by atoms with Crippen LogP contribution in [-0.2, 0) is 9.53 Å². The molecule has 0 atom stereocenters. The summed E-state index contributed by atoms with van der Waals surface area (Å²) in [7, 11) is 0. The van der Waals surface area contributed by atoms with Crippen LogP contribution in [0.3, 0.4) is 0 Å². The Morgan fingerprint density at radius 3 is 2.52 bits per heavy atom. The molecule has 0 aliphatic carbocycles.